The van der Waals surface area contributed by atoms with E-state index in [0.29, 0.717) is 0 Å². The van der Waals surface area contributed by atoms with Crippen molar-refractivity contribution in [1.82, 2.24) is 10.2 Å². The number of carbonyl (C=O) groups excluding carboxylic acids is 2. The van der Waals surface area contributed by atoms with Crippen molar-refractivity contribution >= 4 is 27.6 Å². The second-order valence-electron chi connectivity index (χ2n) is 3.95. The fourth-order valence-corrected chi connectivity index (χ4v) is 4.33. The van der Waals surface area contributed by atoms with Crippen LogP contribution < -0.4 is 5.32 Å². The predicted octanol–water partition coefficient (Wildman–Crippen LogP) is -2.11. The summed E-state index contributed by atoms with van der Waals surface area (Å²) in [4.78, 5) is 33.9. The summed E-state index contributed by atoms with van der Waals surface area (Å²) in [6, 6.07) is -1.53. The van der Waals surface area contributed by atoms with Crippen molar-refractivity contribution in [3.05, 3.63) is 0 Å². The molecule has 0 aromatic carbocycles. The number of amides is 2. The smallest absolute Gasteiger partial charge is 0.329 e. The van der Waals surface area contributed by atoms with Crippen LogP contribution in [-0.4, -0.2) is 53.0 Å². The number of sulfone groups is 1. The lowest BCUT2D eigenvalue weighted by atomic mass is 10.1. The van der Waals surface area contributed by atoms with Gasteiger partial charge in [0.05, 0.1) is 6.42 Å². The van der Waals surface area contributed by atoms with Crippen LogP contribution in [0, 0.1) is 0 Å². The van der Waals surface area contributed by atoms with Gasteiger partial charge < -0.3 is 15.3 Å². The minimum absolute atomic E-state index is 0.220. The van der Waals surface area contributed by atoms with E-state index in [1.807, 2.05) is 0 Å². The molecule has 2 aliphatic rings. The summed E-state index contributed by atoms with van der Waals surface area (Å²) < 4.78 is 23.8. The zero-order valence-corrected chi connectivity index (χ0v) is 9.60. The molecule has 2 unspecified atom stereocenters. The van der Waals surface area contributed by atoms with Crippen molar-refractivity contribution in [1.29, 1.82) is 0 Å². The van der Waals surface area contributed by atoms with E-state index in [0.717, 1.165) is 11.8 Å². The molecule has 2 fully saturated rings. The molecule has 2 N–H and O–H groups in total. The lowest BCUT2D eigenvalue weighted by molar-refractivity contribution is -0.156. The van der Waals surface area contributed by atoms with Gasteiger partial charge in [-0.1, -0.05) is 0 Å². The van der Waals surface area contributed by atoms with Crippen LogP contribution in [0.4, 0.5) is 0 Å². The summed E-state index contributed by atoms with van der Waals surface area (Å²) in [5.41, 5.74) is 0. The highest BCUT2D eigenvalue weighted by atomic mass is 32.2. The van der Waals surface area contributed by atoms with Crippen molar-refractivity contribution in [2.24, 2.45) is 0 Å². The summed E-state index contributed by atoms with van der Waals surface area (Å²) in [6.45, 7) is 1.09. The lowest BCUT2D eigenvalue weighted by Gasteiger charge is -2.34. The molecule has 3 atom stereocenters. The SMILES string of the molecule is CC(=O)NC1C(C(=O)O)N2C(=O)C[C@H]2S1(=O)=O. The number of hydrogen-bond donors (Lipinski definition) is 2. The molecule has 0 radical (unpaired) electrons. The summed E-state index contributed by atoms with van der Waals surface area (Å²) >= 11 is 0. The van der Waals surface area contributed by atoms with Gasteiger partial charge >= 0.3 is 5.97 Å². The second-order valence-corrected chi connectivity index (χ2v) is 6.18. The Kier molecular flexibility index (Phi) is 2.38. The van der Waals surface area contributed by atoms with Crippen LogP contribution in [0.3, 0.4) is 0 Å². The largest absolute Gasteiger partial charge is 0.480 e. The molecular formula is C8H10N2O6S. The van der Waals surface area contributed by atoms with E-state index in [9.17, 15) is 22.8 Å². The third kappa shape index (κ3) is 1.49. The van der Waals surface area contributed by atoms with Gasteiger partial charge in [-0.05, 0) is 0 Å². The standard InChI is InChI=1S/C8H10N2O6S/c1-3(11)9-7-6(8(13)14)10-4(12)2-5(10)17(7,15)16/h5-7H,2H2,1H3,(H,9,11)(H,13,14)/t5-,6?,7?/m1/s1. The van der Waals surface area contributed by atoms with Gasteiger partial charge in [0, 0.05) is 6.92 Å². The molecule has 2 heterocycles. The fourth-order valence-electron chi connectivity index (χ4n) is 2.11. The van der Waals surface area contributed by atoms with Gasteiger partial charge in [0.25, 0.3) is 0 Å². The molecule has 2 aliphatic heterocycles. The quantitative estimate of drug-likeness (QED) is 0.549. The first-order valence-corrected chi connectivity index (χ1v) is 6.41. The Bertz CT molecular complexity index is 512. The maximum absolute atomic E-state index is 11.9. The van der Waals surface area contributed by atoms with Crippen molar-refractivity contribution in [3.63, 3.8) is 0 Å². The molecule has 0 aromatic heterocycles. The van der Waals surface area contributed by atoms with Crippen LogP contribution in [0.1, 0.15) is 13.3 Å². The van der Waals surface area contributed by atoms with E-state index >= 15 is 0 Å². The highest BCUT2D eigenvalue weighted by Gasteiger charge is 2.64. The molecule has 0 spiro atoms. The van der Waals surface area contributed by atoms with Gasteiger partial charge in [0.15, 0.2) is 21.3 Å². The van der Waals surface area contributed by atoms with Crippen LogP contribution in [0.15, 0.2) is 0 Å². The third-order valence-corrected chi connectivity index (χ3v) is 5.10. The van der Waals surface area contributed by atoms with E-state index in [1.165, 1.54) is 0 Å². The summed E-state index contributed by atoms with van der Waals surface area (Å²) in [6.07, 6.45) is -0.220. The molecule has 0 aliphatic carbocycles. The average Bonchev–Trinajstić information content (AvgIpc) is 2.33. The number of fused-ring (bicyclic) bond motifs is 1. The number of β-lactam (4-membered cyclic amide) rings is 1. The van der Waals surface area contributed by atoms with Crippen molar-refractivity contribution < 1.29 is 27.9 Å². The van der Waals surface area contributed by atoms with E-state index in [2.05, 4.69) is 5.32 Å². The molecule has 2 amide bonds. The van der Waals surface area contributed by atoms with Gasteiger partial charge in [-0.15, -0.1) is 0 Å². The Morgan fingerprint density at radius 3 is 2.47 bits per heavy atom. The van der Waals surface area contributed by atoms with Crippen LogP contribution in [0.5, 0.6) is 0 Å². The normalized spacial score (nSPS) is 33.8. The number of carboxylic acids is 1. The molecule has 0 saturated carbocycles. The molecule has 2 saturated heterocycles. The Labute approximate surface area is 96.5 Å². The minimum Gasteiger partial charge on any atom is -0.480 e. The Morgan fingerprint density at radius 2 is 2.06 bits per heavy atom. The lowest BCUT2D eigenvalue weighted by Crippen LogP contribution is -2.57. The van der Waals surface area contributed by atoms with Crippen molar-refractivity contribution in [3.8, 4) is 0 Å². The number of carbonyl (C=O) groups is 3. The maximum atomic E-state index is 11.9. The number of hydrogen-bond acceptors (Lipinski definition) is 5. The van der Waals surface area contributed by atoms with E-state index in [4.69, 9.17) is 5.11 Å². The monoisotopic (exact) mass is 262 g/mol. The number of nitrogens with one attached hydrogen (secondary N) is 1. The Balaban J connectivity index is 2.43. The average molecular weight is 262 g/mol. The predicted molar refractivity (Wildman–Crippen MR) is 53.2 cm³/mol. The molecule has 17 heavy (non-hydrogen) atoms. The van der Waals surface area contributed by atoms with Gasteiger partial charge in [0.2, 0.25) is 11.8 Å². The number of nitrogens with zero attached hydrogens (tertiary/aromatic N) is 1. The molecule has 0 aromatic rings. The van der Waals surface area contributed by atoms with Crippen molar-refractivity contribution in [2.45, 2.75) is 30.1 Å². The Hall–Kier alpha value is -1.64. The van der Waals surface area contributed by atoms with E-state index in [1.54, 1.807) is 0 Å². The van der Waals surface area contributed by atoms with Gasteiger partial charge in [-0.2, -0.15) is 0 Å². The minimum atomic E-state index is -3.86. The van der Waals surface area contributed by atoms with Crippen LogP contribution in [-0.2, 0) is 24.2 Å². The highest BCUT2D eigenvalue weighted by molar-refractivity contribution is 7.93. The van der Waals surface area contributed by atoms with Gasteiger partial charge in [-0.25, -0.2) is 13.2 Å². The van der Waals surface area contributed by atoms with Gasteiger partial charge in [0.1, 0.15) is 5.37 Å². The first kappa shape index (κ1) is 11.8. The zero-order valence-electron chi connectivity index (χ0n) is 8.78. The summed E-state index contributed by atoms with van der Waals surface area (Å²) in [5, 5.41) is 8.36. The molecule has 9 heteroatoms. The zero-order chi connectivity index (χ0) is 13.0. The molecule has 94 valence electrons. The van der Waals surface area contributed by atoms with E-state index < -0.39 is 44.4 Å². The number of carboxylic acid groups (broad SMARTS) is 1. The maximum Gasteiger partial charge on any atom is 0.329 e. The molecule has 8 nitrogen and oxygen atoms in total. The first-order valence-electron chi connectivity index (χ1n) is 4.80. The van der Waals surface area contributed by atoms with Crippen molar-refractivity contribution in [2.75, 3.05) is 0 Å². The highest BCUT2D eigenvalue weighted by Crippen LogP contribution is 2.38. The van der Waals surface area contributed by atoms with Crippen LogP contribution >= 0.6 is 0 Å². The molecular weight excluding hydrogens is 252 g/mol. The number of aliphatic carboxylic acids is 1. The topological polar surface area (TPSA) is 121 Å². The molecule has 2 rings (SSSR count). The second kappa shape index (κ2) is 3.42. The third-order valence-electron chi connectivity index (χ3n) is 2.87. The Morgan fingerprint density at radius 1 is 1.47 bits per heavy atom. The van der Waals surface area contributed by atoms with Crippen LogP contribution in [0.2, 0.25) is 0 Å². The first-order chi connectivity index (χ1) is 7.76. The molecule has 0 bridgehead atoms. The summed E-state index contributed by atoms with van der Waals surface area (Å²) in [7, 11) is -3.86. The number of rotatable bonds is 2. The van der Waals surface area contributed by atoms with Gasteiger partial charge in [-0.3, -0.25) is 9.59 Å². The fraction of sp³-hybridized carbons (Fsp3) is 0.625. The van der Waals surface area contributed by atoms with Crippen LogP contribution in [0.25, 0.3) is 0 Å². The van der Waals surface area contributed by atoms with E-state index in [-0.39, 0.29) is 6.42 Å². The summed E-state index contributed by atoms with van der Waals surface area (Å²) in [5.74, 6) is -2.62.